The van der Waals surface area contributed by atoms with Crippen molar-refractivity contribution in [3.05, 3.63) is 40.3 Å². The molecule has 1 aromatic carbocycles. The van der Waals surface area contributed by atoms with Gasteiger partial charge in [0.15, 0.2) is 0 Å². The number of nitrogens with two attached hydrogens (primary N) is 1. The molecule has 1 aromatic heterocycles. The first-order valence-corrected chi connectivity index (χ1v) is 10.7. The summed E-state index contributed by atoms with van der Waals surface area (Å²) in [5.41, 5.74) is 3.78. The number of aryl methyl sites for hydroxylation is 1. The lowest BCUT2D eigenvalue weighted by atomic mass is 9.76. The molecule has 2 aromatic rings. The fraction of sp³-hybridized carbons (Fsp3) is 0.500. The second-order valence-corrected chi connectivity index (χ2v) is 9.97. The Morgan fingerprint density at radius 1 is 1.32 bits per heavy atom. The maximum Gasteiger partial charge on any atom is 0.337 e. The first kappa shape index (κ1) is 19.4. The first-order chi connectivity index (χ1) is 13.3. The number of carbonyl (C=O) groups is 1. The van der Waals surface area contributed by atoms with Crippen LogP contribution in [0, 0.1) is 5.41 Å². The van der Waals surface area contributed by atoms with E-state index in [1.807, 2.05) is 12.1 Å². The van der Waals surface area contributed by atoms with E-state index in [2.05, 4.69) is 37.9 Å². The highest BCUT2D eigenvalue weighted by Crippen LogP contribution is 2.47. The minimum Gasteiger partial charge on any atom is -0.478 e. The fourth-order valence-corrected chi connectivity index (χ4v) is 5.81. The summed E-state index contributed by atoms with van der Waals surface area (Å²) < 4.78 is 0. The van der Waals surface area contributed by atoms with E-state index >= 15 is 0 Å². The normalized spacial score (nSPS) is 23.0. The molecule has 5 nitrogen and oxygen atoms in total. The molecule has 1 heterocycles. The smallest absolute Gasteiger partial charge is 0.337 e. The monoisotopic (exact) mass is 400 g/mol. The number of carboxylic acids is 1. The molecule has 0 radical (unpaired) electrons. The zero-order valence-corrected chi connectivity index (χ0v) is 17.5. The lowest BCUT2D eigenvalue weighted by molar-refractivity contribution is -0.0105. The molecule has 1 fully saturated rings. The number of carboxylic acid groups (broad SMARTS) is 1. The van der Waals surface area contributed by atoms with Crippen molar-refractivity contribution in [3.63, 3.8) is 0 Å². The van der Waals surface area contributed by atoms with Gasteiger partial charge in [-0.25, -0.2) is 10.7 Å². The van der Waals surface area contributed by atoms with E-state index < -0.39 is 5.97 Å². The molecule has 6 heteroatoms. The van der Waals surface area contributed by atoms with Gasteiger partial charge in [0.25, 0.3) is 0 Å². The Morgan fingerprint density at radius 2 is 2.04 bits per heavy atom. The predicted molar refractivity (Wildman–Crippen MR) is 113 cm³/mol. The molecule has 0 aliphatic heterocycles. The van der Waals surface area contributed by atoms with Gasteiger partial charge in [0, 0.05) is 29.2 Å². The Balaban J connectivity index is 1.77. The molecular formula is C22H28N2O3S. The van der Waals surface area contributed by atoms with E-state index in [4.69, 9.17) is 10.7 Å². The van der Waals surface area contributed by atoms with Crippen LogP contribution in [0.2, 0.25) is 0 Å². The largest absolute Gasteiger partial charge is 0.478 e. The Hall–Kier alpha value is -1.89. The molecule has 0 amide bonds. The van der Waals surface area contributed by atoms with Gasteiger partial charge >= 0.3 is 5.97 Å². The summed E-state index contributed by atoms with van der Waals surface area (Å²) in [5.74, 6) is 4.49. The van der Waals surface area contributed by atoms with Crippen LogP contribution in [0.25, 0.3) is 10.4 Å². The average molecular weight is 401 g/mol. The van der Waals surface area contributed by atoms with Gasteiger partial charge in [-0.15, -0.1) is 11.3 Å². The molecule has 0 atom stereocenters. The molecule has 0 saturated heterocycles. The maximum atomic E-state index is 12.3. The average Bonchev–Trinajstić information content (AvgIpc) is 2.98. The molecule has 28 heavy (non-hydrogen) atoms. The quantitative estimate of drug-likeness (QED) is 0.724. The fourth-order valence-electron chi connectivity index (χ4n) is 4.47. The van der Waals surface area contributed by atoms with Gasteiger partial charge in [0.1, 0.15) is 0 Å². The minimum absolute atomic E-state index is 0.116. The Bertz CT molecular complexity index is 899. The number of thiophene rings is 1. The van der Waals surface area contributed by atoms with E-state index in [0.29, 0.717) is 11.6 Å². The van der Waals surface area contributed by atoms with Gasteiger partial charge < -0.3 is 14.8 Å². The van der Waals surface area contributed by atoms with E-state index in [-0.39, 0.29) is 11.5 Å². The van der Waals surface area contributed by atoms with Gasteiger partial charge in [-0.2, -0.15) is 0 Å². The summed E-state index contributed by atoms with van der Waals surface area (Å²) in [6, 6.07) is 8.50. The predicted octanol–water partition coefficient (Wildman–Crippen LogP) is 4.49. The second kappa shape index (κ2) is 7.17. The van der Waals surface area contributed by atoms with Crippen LogP contribution >= 0.6 is 11.3 Å². The number of rotatable bonds is 5. The maximum absolute atomic E-state index is 12.3. The molecule has 0 unspecified atom stereocenters. The third-order valence-corrected chi connectivity index (χ3v) is 7.65. The molecule has 0 spiro atoms. The summed E-state index contributed by atoms with van der Waals surface area (Å²) in [5, 5.41) is 10.1. The number of hydrogen-bond donors (Lipinski definition) is 2. The van der Waals surface area contributed by atoms with E-state index in [1.54, 1.807) is 11.3 Å². The number of aromatic carboxylic acids is 1. The van der Waals surface area contributed by atoms with Crippen molar-refractivity contribution in [2.24, 2.45) is 11.3 Å². The first-order valence-electron chi connectivity index (χ1n) is 9.86. The number of benzene rings is 1. The topological polar surface area (TPSA) is 75.8 Å². The van der Waals surface area contributed by atoms with Crippen LogP contribution in [0.4, 0.5) is 5.69 Å². The molecule has 2 aliphatic carbocycles. The Morgan fingerprint density at radius 3 is 2.71 bits per heavy atom. The highest BCUT2D eigenvalue weighted by atomic mass is 32.1. The molecule has 2 aliphatic rings. The highest BCUT2D eigenvalue weighted by molar-refractivity contribution is 7.16. The van der Waals surface area contributed by atoms with Gasteiger partial charge in [0.05, 0.1) is 16.5 Å². The zero-order valence-electron chi connectivity index (χ0n) is 16.7. The molecule has 0 bridgehead atoms. The number of anilines is 1. The number of para-hydroxylation sites is 1. The van der Waals surface area contributed by atoms with Crippen molar-refractivity contribution in [1.29, 1.82) is 0 Å². The summed E-state index contributed by atoms with van der Waals surface area (Å²) in [6.45, 7) is 4.46. The van der Waals surface area contributed by atoms with Gasteiger partial charge in [-0.3, -0.25) is 0 Å². The third-order valence-electron chi connectivity index (χ3n) is 6.33. The molecular weight excluding hydrogens is 372 g/mol. The van der Waals surface area contributed by atoms with Crippen LogP contribution < -0.4 is 10.8 Å². The lowest BCUT2D eigenvalue weighted by Gasteiger charge is -2.41. The number of nitrogens with zero attached hydrogens (tertiary/aromatic N) is 1. The molecule has 150 valence electrons. The second-order valence-electron chi connectivity index (χ2n) is 8.87. The van der Waals surface area contributed by atoms with Crippen LogP contribution in [-0.4, -0.2) is 30.3 Å². The lowest BCUT2D eigenvalue weighted by Crippen LogP contribution is -2.47. The van der Waals surface area contributed by atoms with Crippen molar-refractivity contribution in [3.8, 4) is 10.4 Å². The molecule has 1 saturated carbocycles. The zero-order chi connectivity index (χ0) is 20.1. The van der Waals surface area contributed by atoms with Crippen LogP contribution in [0.1, 0.15) is 53.9 Å². The van der Waals surface area contributed by atoms with Crippen molar-refractivity contribution in [2.45, 2.75) is 58.1 Å². The van der Waals surface area contributed by atoms with Crippen molar-refractivity contribution >= 4 is 23.0 Å². The summed E-state index contributed by atoms with van der Waals surface area (Å²) >= 11 is 1.67. The summed E-state index contributed by atoms with van der Waals surface area (Å²) in [4.78, 5) is 21.6. The van der Waals surface area contributed by atoms with Crippen molar-refractivity contribution < 1.29 is 14.7 Å². The van der Waals surface area contributed by atoms with Crippen LogP contribution in [0.3, 0.4) is 0 Å². The summed E-state index contributed by atoms with van der Waals surface area (Å²) in [7, 11) is 2.08. The van der Waals surface area contributed by atoms with E-state index in [9.17, 15) is 9.90 Å². The highest BCUT2D eigenvalue weighted by Gasteiger charge is 2.36. The van der Waals surface area contributed by atoms with Gasteiger partial charge in [0.2, 0.25) is 0 Å². The van der Waals surface area contributed by atoms with E-state index in [1.165, 1.54) is 4.88 Å². The molecule has 4 rings (SSSR count). The van der Waals surface area contributed by atoms with Crippen molar-refractivity contribution in [1.82, 2.24) is 0 Å². The van der Waals surface area contributed by atoms with Gasteiger partial charge in [-0.05, 0) is 49.1 Å². The van der Waals surface area contributed by atoms with Crippen LogP contribution in [0.15, 0.2) is 24.3 Å². The SMILES string of the molecule is CN(c1ccccc1-c1sc2c(c1C(=O)O)CC(C)(C)CC2)[C@H]1C[C@H](ON)C1. The molecule has 3 N–H and O–H groups in total. The Kier molecular flexibility index (Phi) is 4.98. The van der Waals surface area contributed by atoms with Crippen LogP contribution in [0.5, 0.6) is 0 Å². The van der Waals surface area contributed by atoms with Gasteiger partial charge in [-0.1, -0.05) is 32.0 Å². The van der Waals surface area contributed by atoms with Crippen molar-refractivity contribution in [2.75, 3.05) is 11.9 Å². The Labute approximate surface area is 170 Å². The number of fused-ring (bicyclic) bond motifs is 1. The number of hydrogen-bond acceptors (Lipinski definition) is 5. The van der Waals surface area contributed by atoms with Crippen LogP contribution in [-0.2, 0) is 17.7 Å². The third kappa shape index (κ3) is 3.34. The standard InChI is InChI=1S/C22H28N2O3S/c1-22(2)9-8-18-16(12-22)19(21(25)26)20(28-18)15-6-4-5-7-17(15)24(3)13-10-14(11-13)27-23/h4-7,13-14H,8-12,23H2,1-3H3,(H,25,26)/t13-,14-. The summed E-state index contributed by atoms with van der Waals surface area (Å²) in [6.07, 6.45) is 4.79. The van der Waals surface area contributed by atoms with E-state index in [0.717, 1.165) is 53.8 Å². The minimum atomic E-state index is -0.817.